The summed E-state index contributed by atoms with van der Waals surface area (Å²) in [4.78, 5) is 12.8. The summed E-state index contributed by atoms with van der Waals surface area (Å²) in [5.41, 5.74) is 6.01. The molecule has 0 aliphatic carbocycles. The number of benzene rings is 3. The molecule has 0 radical (unpaired) electrons. The van der Waals surface area contributed by atoms with Gasteiger partial charge in [-0.2, -0.15) is 0 Å². The molecule has 0 atom stereocenters. The Kier molecular flexibility index (Phi) is 7.82. The molecular formula is C27H28FN5OS. The number of aryl methyl sites for hydroxylation is 3. The van der Waals surface area contributed by atoms with Crippen molar-refractivity contribution in [3.8, 4) is 0 Å². The van der Waals surface area contributed by atoms with Gasteiger partial charge < -0.3 is 15.2 Å². The predicted octanol–water partition coefficient (Wildman–Crippen LogP) is 5.73. The number of hydrogen-bond donors (Lipinski definition) is 2. The number of hydrogen-bond acceptors (Lipinski definition) is 5. The van der Waals surface area contributed by atoms with E-state index in [1.54, 1.807) is 12.1 Å². The van der Waals surface area contributed by atoms with Gasteiger partial charge in [-0.15, -0.1) is 10.2 Å². The van der Waals surface area contributed by atoms with Crippen LogP contribution in [0.3, 0.4) is 0 Å². The highest BCUT2D eigenvalue weighted by Gasteiger charge is 2.16. The topological polar surface area (TPSA) is 71.8 Å². The van der Waals surface area contributed by atoms with Gasteiger partial charge in [-0.1, -0.05) is 59.8 Å². The van der Waals surface area contributed by atoms with Crippen molar-refractivity contribution in [2.45, 2.75) is 39.0 Å². The molecule has 1 heterocycles. The Bertz CT molecular complexity index is 1280. The first kappa shape index (κ1) is 24.5. The minimum atomic E-state index is -0.282. The van der Waals surface area contributed by atoms with Crippen molar-refractivity contribution < 1.29 is 9.18 Å². The minimum Gasteiger partial charge on any atom is -0.378 e. The second kappa shape index (κ2) is 11.2. The lowest BCUT2D eigenvalue weighted by Gasteiger charge is -2.13. The number of rotatable bonds is 9. The fourth-order valence-corrected chi connectivity index (χ4v) is 4.67. The lowest BCUT2D eigenvalue weighted by molar-refractivity contribution is -0.113. The van der Waals surface area contributed by atoms with Crippen LogP contribution in [-0.2, 0) is 17.9 Å². The number of thioether (sulfide) groups is 1. The summed E-state index contributed by atoms with van der Waals surface area (Å²) in [5.74, 6) is 0.567. The minimum absolute atomic E-state index is 0.0923. The third-order valence-electron chi connectivity index (χ3n) is 5.55. The van der Waals surface area contributed by atoms with Crippen molar-refractivity contribution in [1.29, 1.82) is 0 Å². The molecule has 4 rings (SSSR count). The molecule has 0 bridgehead atoms. The first-order chi connectivity index (χ1) is 16.9. The van der Waals surface area contributed by atoms with Crippen molar-refractivity contribution >= 4 is 29.0 Å². The van der Waals surface area contributed by atoms with Gasteiger partial charge in [0.1, 0.15) is 5.82 Å². The van der Waals surface area contributed by atoms with E-state index in [1.165, 1.54) is 29.5 Å². The second-order valence-electron chi connectivity index (χ2n) is 8.44. The van der Waals surface area contributed by atoms with E-state index in [0.717, 1.165) is 33.9 Å². The maximum absolute atomic E-state index is 13.2. The molecule has 1 aromatic heterocycles. The van der Waals surface area contributed by atoms with E-state index >= 15 is 0 Å². The van der Waals surface area contributed by atoms with Crippen LogP contribution in [0.25, 0.3) is 0 Å². The standard InChI is InChI=1S/C27H28FN5OS/c1-18-13-19(2)26(20(3)14-18)30-25(34)17-35-27-32-31-24(15-29-23-11-9-22(28)10-12-23)33(27)16-21-7-5-4-6-8-21/h4-14,29H,15-17H2,1-3H3,(H,30,34). The molecule has 35 heavy (non-hydrogen) atoms. The Morgan fingerprint density at radius 3 is 2.34 bits per heavy atom. The number of carbonyl (C=O) groups excluding carboxylic acids is 1. The zero-order valence-corrected chi connectivity index (χ0v) is 20.8. The molecule has 0 spiro atoms. The van der Waals surface area contributed by atoms with E-state index in [1.807, 2.05) is 55.7 Å². The quantitative estimate of drug-likeness (QED) is 0.294. The van der Waals surface area contributed by atoms with E-state index in [0.29, 0.717) is 18.2 Å². The molecule has 6 nitrogen and oxygen atoms in total. The number of nitrogens with one attached hydrogen (secondary N) is 2. The zero-order valence-electron chi connectivity index (χ0n) is 20.0. The average molecular weight is 490 g/mol. The molecule has 0 unspecified atom stereocenters. The second-order valence-corrected chi connectivity index (χ2v) is 9.38. The summed E-state index contributed by atoms with van der Waals surface area (Å²) >= 11 is 1.35. The van der Waals surface area contributed by atoms with E-state index in [4.69, 9.17) is 0 Å². The van der Waals surface area contributed by atoms with Gasteiger partial charge in [0.05, 0.1) is 18.8 Å². The number of halogens is 1. The average Bonchev–Trinajstić information content (AvgIpc) is 3.21. The Morgan fingerprint density at radius 1 is 0.971 bits per heavy atom. The van der Waals surface area contributed by atoms with Gasteiger partial charge in [0.25, 0.3) is 0 Å². The van der Waals surface area contributed by atoms with Crippen LogP contribution in [0.15, 0.2) is 71.9 Å². The number of aromatic nitrogens is 3. The smallest absolute Gasteiger partial charge is 0.234 e. The predicted molar refractivity (Wildman–Crippen MR) is 139 cm³/mol. The maximum Gasteiger partial charge on any atom is 0.234 e. The van der Waals surface area contributed by atoms with Crippen molar-refractivity contribution in [1.82, 2.24) is 14.8 Å². The lowest BCUT2D eigenvalue weighted by Crippen LogP contribution is -2.17. The monoisotopic (exact) mass is 489 g/mol. The van der Waals surface area contributed by atoms with Crippen LogP contribution in [0.4, 0.5) is 15.8 Å². The molecule has 0 saturated heterocycles. The molecule has 4 aromatic rings. The highest BCUT2D eigenvalue weighted by Crippen LogP contribution is 2.24. The van der Waals surface area contributed by atoms with Crippen LogP contribution in [-0.4, -0.2) is 26.4 Å². The van der Waals surface area contributed by atoms with E-state index in [2.05, 4.69) is 33.0 Å². The van der Waals surface area contributed by atoms with Crippen molar-refractivity contribution in [2.24, 2.45) is 0 Å². The third kappa shape index (κ3) is 6.48. The normalized spacial score (nSPS) is 10.9. The molecular weight excluding hydrogens is 461 g/mol. The zero-order chi connectivity index (χ0) is 24.8. The summed E-state index contributed by atoms with van der Waals surface area (Å²) in [6, 6.07) is 20.3. The Hall–Kier alpha value is -3.65. The SMILES string of the molecule is Cc1cc(C)c(NC(=O)CSc2nnc(CNc3ccc(F)cc3)n2Cc2ccccc2)c(C)c1. The molecule has 0 aliphatic rings. The summed E-state index contributed by atoms with van der Waals surface area (Å²) in [6.07, 6.45) is 0. The Labute approximate surface area is 209 Å². The van der Waals surface area contributed by atoms with Gasteiger partial charge >= 0.3 is 0 Å². The van der Waals surface area contributed by atoms with E-state index < -0.39 is 0 Å². The fraction of sp³-hybridized carbons (Fsp3) is 0.222. The molecule has 0 saturated carbocycles. The van der Waals surface area contributed by atoms with Crippen LogP contribution in [0.5, 0.6) is 0 Å². The Balaban J connectivity index is 1.48. The molecule has 0 fully saturated rings. The van der Waals surface area contributed by atoms with Crippen LogP contribution >= 0.6 is 11.8 Å². The van der Waals surface area contributed by atoms with Gasteiger partial charge in [-0.05, 0) is 61.7 Å². The van der Waals surface area contributed by atoms with Crippen LogP contribution < -0.4 is 10.6 Å². The molecule has 2 N–H and O–H groups in total. The molecule has 3 aromatic carbocycles. The molecule has 180 valence electrons. The van der Waals surface area contributed by atoms with Crippen LogP contribution in [0.2, 0.25) is 0 Å². The van der Waals surface area contributed by atoms with Gasteiger partial charge in [0, 0.05) is 11.4 Å². The van der Waals surface area contributed by atoms with E-state index in [-0.39, 0.29) is 17.5 Å². The first-order valence-electron chi connectivity index (χ1n) is 11.3. The van der Waals surface area contributed by atoms with Crippen molar-refractivity contribution in [2.75, 3.05) is 16.4 Å². The molecule has 1 amide bonds. The summed E-state index contributed by atoms with van der Waals surface area (Å²) in [5, 5.41) is 15.7. The lowest BCUT2D eigenvalue weighted by atomic mass is 10.1. The van der Waals surface area contributed by atoms with Crippen LogP contribution in [0.1, 0.15) is 28.1 Å². The van der Waals surface area contributed by atoms with Crippen molar-refractivity contribution in [3.63, 3.8) is 0 Å². The van der Waals surface area contributed by atoms with Gasteiger partial charge in [-0.25, -0.2) is 4.39 Å². The number of amides is 1. The largest absolute Gasteiger partial charge is 0.378 e. The highest BCUT2D eigenvalue weighted by atomic mass is 32.2. The molecule has 8 heteroatoms. The van der Waals surface area contributed by atoms with Crippen molar-refractivity contribution in [3.05, 3.63) is 101 Å². The van der Waals surface area contributed by atoms with E-state index in [9.17, 15) is 9.18 Å². The van der Waals surface area contributed by atoms with Gasteiger partial charge in [0.2, 0.25) is 5.91 Å². The van der Waals surface area contributed by atoms with Crippen LogP contribution in [0, 0.1) is 26.6 Å². The summed E-state index contributed by atoms with van der Waals surface area (Å²) < 4.78 is 15.2. The fourth-order valence-electron chi connectivity index (χ4n) is 3.91. The summed E-state index contributed by atoms with van der Waals surface area (Å²) in [6.45, 7) is 7.04. The Morgan fingerprint density at radius 2 is 1.66 bits per heavy atom. The third-order valence-corrected chi connectivity index (χ3v) is 6.51. The van der Waals surface area contributed by atoms with Gasteiger partial charge in [0.15, 0.2) is 11.0 Å². The summed E-state index contributed by atoms with van der Waals surface area (Å²) in [7, 11) is 0. The number of anilines is 2. The van der Waals surface area contributed by atoms with Gasteiger partial charge in [-0.3, -0.25) is 4.79 Å². The number of carbonyl (C=O) groups is 1. The number of nitrogens with zero attached hydrogens (tertiary/aromatic N) is 3. The first-order valence-corrected chi connectivity index (χ1v) is 12.3. The molecule has 0 aliphatic heterocycles. The highest BCUT2D eigenvalue weighted by molar-refractivity contribution is 7.99. The maximum atomic E-state index is 13.2.